The van der Waals surface area contributed by atoms with Crippen molar-refractivity contribution < 1.29 is 14.4 Å². The summed E-state index contributed by atoms with van der Waals surface area (Å²) in [5.41, 5.74) is 6.30. The molecule has 26 heavy (non-hydrogen) atoms. The topological polar surface area (TPSA) is 105 Å². The maximum Gasteiger partial charge on any atom is 0.246 e. The zero-order valence-electron chi connectivity index (χ0n) is 14.4. The SMILES string of the molecule is NCC(=O)N[C@H]1CCC2CC[C@@H](C(=O)NCc3ccccc3Br)N2C1=O. The molecule has 0 aliphatic carbocycles. The fourth-order valence-corrected chi connectivity index (χ4v) is 4.17. The van der Waals surface area contributed by atoms with Crippen LogP contribution in [-0.2, 0) is 20.9 Å². The molecule has 2 heterocycles. The summed E-state index contributed by atoms with van der Waals surface area (Å²) in [6, 6.07) is 6.70. The van der Waals surface area contributed by atoms with Crippen LogP contribution in [0.4, 0.5) is 0 Å². The Kier molecular flexibility index (Phi) is 5.93. The lowest BCUT2D eigenvalue weighted by molar-refractivity contribution is -0.146. The number of benzene rings is 1. The Hall–Kier alpha value is -1.93. The second-order valence-corrected chi connectivity index (χ2v) is 7.56. The smallest absolute Gasteiger partial charge is 0.246 e. The number of hydrogen-bond acceptors (Lipinski definition) is 4. The standard InChI is InChI=1S/C18H23BrN4O3/c19-13-4-2-1-3-11(13)10-21-17(25)15-8-6-12-5-7-14(18(26)23(12)15)22-16(24)9-20/h1-4,12,14-15H,5-10,20H2,(H,21,25)(H,22,24)/t12?,14-,15-/m0/s1. The maximum atomic E-state index is 12.8. The highest BCUT2D eigenvalue weighted by Gasteiger charge is 2.46. The third-order valence-corrected chi connectivity index (χ3v) is 5.85. The van der Waals surface area contributed by atoms with Gasteiger partial charge in [0.15, 0.2) is 0 Å². The second-order valence-electron chi connectivity index (χ2n) is 6.70. The van der Waals surface area contributed by atoms with Gasteiger partial charge in [-0.1, -0.05) is 34.1 Å². The zero-order valence-corrected chi connectivity index (χ0v) is 16.0. The number of nitrogens with zero attached hydrogens (tertiary/aromatic N) is 1. The zero-order chi connectivity index (χ0) is 18.7. The first kappa shape index (κ1) is 18.8. The predicted molar refractivity (Wildman–Crippen MR) is 99.9 cm³/mol. The van der Waals surface area contributed by atoms with Gasteiger partial charge in [0.1, 0.15) is 12.1 Å². The lowest BCUT2D eigenvalue weighted by Crippen LogP contribution is -2.59. The minimum atomic E-state index is -0.584. The summed E-state index contributed by atoms with van der Waals surface area (Å²) >= 11 is 3.47. The van der Waals surface area contributed by atoms with Crippen LogP contribution < -0.4 is 16.4 Å². The van der Waals surface area contributed by atoms with Crippen molar-refractivity contribution >= 4 is 33.7 Å². The molecular weight excluding hydrogens is 400 g/mol. The van der Waals surface area contributed by atoms with E-state index >= 15 is 0 Å². The number of halogens is 1. The molecule has 2 fully saturated rings. The molecule has 3 rings (SSSR count). The van der Waals surface area contributed by atoms with Gasteiger partial charge < -0.3 is 21.3 Å². The van der Waals surface area contributed by atoms with Crippen LogP contribution >= 0.6 is 15.9 Å². The summed E-state index contributed by atoms with van der Waals surface area (Å²) < 4.78 is 0.934. The van der Waals surface area contributed by atoms with Crippen molar-refractivity contribution in [3.05, 3.63) is 34.3 Å². The summed E-state index contributed by atoms with van der Waals surface area (Å²) in [6.07, 6.45) is 2.85. The van der Waals surface area contributed by atoms with E-state index in [1.807, 2.05) is 24.3 Å². The van der Waals surface area contributed by atoms with E-state index in [4.69, 9.17) is 5.73 Å². The number of rotatable bonds is 5. The molecular formula is C18H23BrN4O3. The molecule has 3 amide bonds. The number of piperidine rings is 1. The van der Waals surface area contributed by atoms with Crippen LogP contribution in [0, 0.1) is 0 Å². The number of nitrogens with two attached hydrogens (primary N) is 1. The van der Waals surface area contributed by atoms with Gasteiger partial charge >= 0.3 is 0 Å². The molecule has 1 aromatic rings. The van der Waals surface area contributed by atoms with E-state index in [2.05, 4.69) is 26.6 Å². The monoisotopic (exact) mass is 422 g/mol. The summed E-state index contributed by atoms with van der Waals surface area (Å²) in [7, 11) is 0. The van der Waals surface area contributed by atoms with Gasteiger partial charge in [-0.15, -0.1) is 0 Å². The lowest BCUT2D eigenvalue weighted by Gasteiger charge is -2.37. The fourth-order valence-electron chi connectivity index (χ4n) is 3.75. The Labute approximate surface area is 160 Å². The molecule has 0 saturated carbocycles. The minimum Gasteiger partial charge on any atom is -0.350 e. The third-order valence-electron chi connectivity index (χ3n) is 5.08. The molecule has 3 atom stereocenters. The highest BCUT2D eigenvalue weighted by molar-refractivity contribution is 9.10. The van der Waals surface area contributed by atoms with Crippen molar-refractivity contribution in [1.82, 2.24) is 15.5 Å². The molecule has 0 bridgehead atoms. The third kappa shape index (κ3) is 3.91. The molecule has 1 aromatic carbocycles. The van der Waals surface area contributed by atoms with Crippen molar-refractivity contribution in [2.75, 3.05) is 6.54 Å². The lowest BCUT2D eigenvalue weighted by atomic mass is 9.98. The summed E-state index contributed by atoms with van der Waals surface area (Å²) in [6.45, 7) is 0.250. The minimum absolute atomic E-state index is 0.0766. The number of amides is 3. The van der Waals surface area contributed by atoms with E-state index in [1.165, 1.54) is 0 Å². The van der Waals surface area contributed by atoms with Crippen LogP contribution in [0.1, 0.15) is 31.2 Å². The van der Waals surface area contributed by atoms with E-state index in [-0.39, 0.29) is 30.3 Å². The van der Waals surface area contributed by atoms with Crippen molar-refractivity contribution in [2.45, 2.75) is 50.4 Å². The molecule has 1 unspecified atom stereocenters. The first-order valence-electron chi connectivity index (χ1n) is 8.84. The van der Waals surface area contributed by atoms with Crippen LogP contribution in [-0.4, -0.2) is 47.3 Å². The average molecular weight is 423 g/mol. The van der Waals surface area contributed by atoms with Crippen LogP contribution in [0.3, 0.4) is 0 Å². The summed E-state index contributed by atoms with van der Waals surface area (Å²) in [4.78, 5) is 38.7. The van der Waals surface area contributed by atoms with E-state index in [1.54, 1.807) is 4.90 Å². The molecule has 2 saturated heterocycles. The number of hydrogen-bond donors (Lipinski definition) is 3. The highest BCUT2D eigenvalue weighted by Crippen LogP contribution is 2.32. The van der Waals surface area contributed by atoms with Gasteiger partial charge in [0, 0.05) is 17.1 Å². The molecule has 4 N–H and O–H groups in total. The maximum absolute atomic E-state index is 12.8. The van der Waals surface area contributed by atoms with Crippen molar-refractivity contribution in [1.29, 1.82) is 0 Å². The van der Waals surface area contributed by atoms with Crippen molar-refractivity contribution in [3.8, 4) is 0 Å². The van der Waals surface area contributed by atoms with Gasteiger partial charge in [-0.3, -0.25) is 14.4 Å². The van der Waals surface area contributed by atoms with Crippen LogP contribution in [0.2, 0.25) is 0 Å². The first-order chi connectivity index (χ1) is 12.5. The Balaban J connectivity index is 1.64. The van der Waals surface area contributed by atoms with Gasteiger partial charge in [-0.05, 0) is 37.3 Å². The Morgan fingerprint density at radius 2 is 1.92 bits per heavy atom. The molecule has 0 spiro atoms. The Morgan fingerprint density at radius 1 is 1.19 bits per heavy atom. The van der Waals surface area contributed by atoms with Gasteiger partial charge in [-0.2, -0.15) is 0 Å². The Morgan fingerprint density at radius 3 is 2.65 bits per heavy atom. The van der Waals surface area contributed by atoms with E-state index in [9.17, 15) is 14.4 Å². The van der Waals surface area contributed by atoms with Crippen LogP contribution in [0.25, 0.3) is 0 Å². The van der Waals surface area contributed by atoms with Gasteiger partial charge in [0.05, 0.1) is 6.54 Å². The van der Waals surface area contributed by atoms with E-state index in [0.717, 1.165) is 22.9 Å². The van der Waals surface area contributed by atoms with Crippen LogP contribution in [0.5, 0.6) is 0 Å². The van der Waals surface area contributed by atoms with Gasteiger partial charge in [0.2, 0.25) is 17.7 Å². The number of carbonyl (C=O) groups is 3. The molecule has 0 radical (unpaired) electrons. The molecule has 2 aliphatic heterocycles. The molecule has 7 nitrogen and oxygen atoms in total. The number of fused-ring (bicyclic) bond motifs is 1. The Bertz CT molecular complexity index is 711. The fraction of sp³-hybridized carbons (Fsp3) is 0.500. The average Bonchev–Trinajstić information content (AvgIpc) is 3.08. The summed E-state index contributed by atoms with van der Waals surface area (Å²) in [5.74, 6) is -0.681. The summed E-state index contributed by atoms with van der Waals surface area (Å²) in [5, 5.41) is 5.59. The molecule has 140 valence electrons. The van der Waals surface area contributed by atoms with E-state index < -0.39 is 12.1 Å². The second kappa shape index (κ2) is 8.18. The number of carbonyl (C=O) groups excluding carboxylic acids is 3. The van der Waals surface area contributed by atoms with Gasteiger partial charge in [0.25, 0.3) is 0 Å². The normalized spacial score (nSPS) is 24.9. The molecule has 8 heteroatoms. The largest absolute Gasteiger partial charge is 0.350 e. The van der Waals surface area contributed by atoms with Crippen molar-refractivity contribution in [3.63, 3.8) is 0 Å². The molecule has 2 aliphatic rings. The quantitative estimate of drug-likeness (QED) is 0.647. The van der Waals surface area contributed by atoms with E-state index in [0.29, 0.717) is 19.4 Å². The first-order valence-corrected chi connectivity index (χ1v) is 9.63. The number of nitrogens with one attached hydrogen (secondary N) is 2. The molecule has 0 aromatic heterocycles. The van der Waals surface area contributed by atoms with Crippen molar-refractivity contribution in [2.24, 2.45) is 5.73 Å². The van der Waals surface area contributed by atoms with Crippen LogP contribution in [0.15, 0.2) is 28.7 Å². The highest BCUT2D eigenvalue weighted by atomic mass is 79.9. The predicted octanol–water partition coefficient (Wildman–Crippen LogP) is 0.662. The van der Waals surface area contributed by atoms with Gasteiger partial charge in [-0.25, -0.2) is 0 Å².